The van der Waals surface area contributed by atoms with E-state index in [1.165, 1.54) is 17.7 Å². The lowest BCUT2D eigenvalue weighted by Crippen LogP contribution is -2.39. The van der Waals surface area contributed by atoms with Gasteiger partial charge in [-0.2, -0.15) is 17.9 Å². The van der Waals surface area contributed by atoms with Gasteiger partial charge in [0.1, 0.15) is 12.2 Å². The molecule has 1 heterocycles. The van der Waals surface area contributed by atoms with Crippen molar-refractivity contribution in [3.05, 3.63) is 12.2 Å². The fourth-order valence-corrected chi connectivity index (χ4v) is 4.58. The van der Waals surface area contributed by atoms with Crippen LogP contribution in [0, 0.1) is 29.1 Å². The number of halogens is 1. The number of hydrogen-bond donors (Lipinski definition) is 3. The molecule has 0 aromatic carbocycles. The standard InChI is InChI=1S/C9H16O.C7H10FN3O.C5H10S/c1-6-2-7-4-9(10)5-8(7)3-6;8-5-1-6(2-9)11(4-5)7(12)3-10;1-2-3-4-5-6/h6-10H,2-5H2,1H3;5-6H,1,3-4,10H2;3-4,6H,2,5H2,1H3/b;;4-3-/t6?,7-,8+,9?;;. The Morgan fingerprint density at radius 1 is 1.29 bits per heavy atom. The average molecular weight is 414 g/mol. The Hall–Kier alpha value is -1.10. The van der Waals surface area contributed by atoms with Gasteiger partial charge in [0.2, 0.25) is 5.91 Å². The van der Waals surface area contributed by atoms with Gasteiger partial charge in [0.15, 0.2) is 0 Å². The number of alkyl halides is 1. The summed E-state index contributed by atoms with van der Waals surface area (Å²) in [7, 11) is 0. The summed E-state index contributed by atoms with van der Waals surface area (Å²) in [5.41, 5.74) is 5.09. The number of allylic oxidation sites excluding steroid dienone is 1. The minimum absolute atomic E-state index is 0.00819. The molecule has 1 amide bonds. The molecule has 28 heavy (non-hydrogen) atoms. The van der Waals surface area contributed by atoms with E-state index in [1.54, 1.807) is 0 Å². The molecule has 0 aromatic rings. The van der Waals surface area contributed by atoms with E-state index in [0.29, 0.717) is 0 Å². The molecule has 3 fully saturated rings. The lowest BCUT2D eigenvalue weighted by molar-refractivity contribution is -0.129. The first-order valence-corrected chi connectivity index (χ1v) is 11.0. The van der Waals surface area contributed by atoms with Crippen molar-refractivity contribution < 1.29 is 14.3 Å². The molecule has 0 bridgehead atoms. The second kappa shape index (κ2) is 13.2. The number of aliphatic hydroxyl groups is 1. The van der Waals surface area contributed by atoms with Crippen LogP contribution < -0.4 is 5.73 Å². The highest BCUT2D eigenvalue weighted by atomic mass is 32.1. The van der Waals surface area contributed by atoms with Crippen LogP contribution in [0.5, 0.6) is 0 Å². The van der Waals surface area contributed by atoms with E-state index in [2.05, 4.69) is 32.6 Å². The lowest BCUT2D eigenvalue weighted by atomic mass is 10.0. The first-order valence-electron chi connectivity index (χ1n) is 10.3. The summed E-state index contributed by atoms with van der Waals surface area (Å²) in [6, 6.07) is 1.24. The zero-order valence-corrected chi connectivity index (χ0v) is 18.0. The number of nitriles is 1. The highest BCUT2D eigenvalue weighted by Gasteiger charge is 2.39. The second-order valence-electron chi connectivity index (χ2n) is 8.01. The van der Waals surface area contributed by atoms with E-state index in [4.69, 9.17) is 11.0 Å². The van der Waals surface area contributed by atoms with Gasteiger partial charge in [-0.1, -0.05) is 26.0 Å². The third-order valence-electron chi connectivity index (χ3n) is 5.63. The van der Waals surface area contributed by atoms with Crippen LogP contribution in [0.4, 0.5) is 4.39 Å². The average Bonchev–Trinajstić information content (AvgIpc) is 3.31. The molecular formula is C21H36FN3O2S. The Kier molecular flexibility index (Phi) is 11.7. The Bertz CT molecular complexity index is 506. The number of likely N-dealkylation sites (tertiary alicyclic amines) is 1. The number of nitrogens with zero attached hydrogens (tertiary/aromatic N) is 2. The summed E-state index contributed by atoms with van der Waals surface area (Å²) in [4.78, 5) is 12.2. The number of amides is 1. The second-order valence-corrected chi connectivity index (χ2v) is 8.38. The SMILES string of the molecule is CC/C=C\CS.CC1C[C@@H]2CC(O)C[C@@H]2C1.N#CC1CC(F)CN1C(=O)CN. The van der Waals surface area contributed by atoms with Gasteiger partial charge < -0.3 is 15.7 Å². The molecule has 2 saturated carbocycles. The summed E-state index contributed by atoms with van der Waals surface area (Å²) < 4.78 is 12.7. The predicted molar refractivity (Wildman–Crippen MR) is 114 cm³/mol. The molecule has 3 N–H and O–H groups in total. The molecule has 6 atom stereocenters. The van der Waals surface area contributed by atoms with Gasteiger partial charge in [-0.05, 0) is 49.9 Å². The zero-order valence-electron chi connectivity index (χ0n) is 17.1. The van der Waals surface area contributed by atoms with Gasteiger partial charge in [-0.3, -0.25) is 4.79 Å². The number of hydrogen-bond acceptors (Lipinski definition) is 5. The van der Waals surface area contributed by atoms with Crippen molar-refractivity contribution in [1.29, 1.82) is 5.26 Å². The Balaban J connectivity index is 0.000000222. The van der Waals surface area contributed by atoms with Crippen LogP contribution in [-0.4, -0.2) is 53.1 Å². The van der Waals surface area contributed by atoms with Crippen LogP contribution >= 0.6 is 12.6 Å². The highest BCUT2D eigenvalue weighted by molar-refractivity contribution is 7.80. The molecule has 3 aliphatic rings. The summed E-state index contributed by atoms with van der Waals surface area (Å²) >= 11 is 3.97. The normalized spacial score (nSPS) is 33.5. The van der Waals surface area contributed by atoms with Crippen molar-refractivity contribution in [1.82, 2.24) is 4.90 Å². The molecule has 0 aromatic heterocycles. The summed E-state index contributed by atoms with van der Waals surface area (Å²) in [6.45, 7) is 4.30. The van der Waals surface area contributed by atoms with E-state index in [1.807, 2.05) is 12.1 Å². The fraction of sp³-hybridized carbons (Fsp3) is 0.810. The van der Waals surface area contributed by atoms with Crippen LogP contribution in [-0.2, 0) is 4.79 Å². The van der Waals surface area contributed by atoms with Crippen molar-refractivity contribution in [3.8, 4) is 6.07 Å². The maximum atomic E-state index is 12.7. The van der Waals surface area contributed by atoms with Crippen LogP contribution in [0.25, 0.3) is 0 Å². The number of aliphatic hydroxyl groups excluding tert-OH is 1. The molecule has 7 heteroatoms. The monoisotopic (exact) mass is 413 g/mol. The number of fused-ring (bicyclic) bond motifs is 1. The van der Waals surface area contributed by atoms with E-state index >= 15 is 0 Å². The number of nitrogens with two attached hydrogens (primary N) is 1. The van der Waals surface area contributed by atoms with Crippen molar-refractivity contribution >= 4 is 18.5 Å². The minimum Gasteiger partial charge on any atom is -0.393 e. The molecule has 4 unspecified atom stereocenters. The minimum atomic E-state index is -1.08. The van der Waals surface area contributed by atoms with E-state index in [-0.39, 0.29) is 31.5 Å². The molecular weight excluding hydrogens is 377 g/mol. The van der Waals surface area contributed by atoms with Crippen LogP contribution in [0.2, 0.25) is 0 Å². The first kappa shape index (κ1) is 24.9. The van der Waals surface area contributed by atoms with Gasteiger partial charge >= 0.3 is 0 Å². The van der Waals surface area contributed by atoms with Crippen molar-refractivity contribution in [2.24, 2.45) is 23.5 Å². The van der Waals surface area contributed by atoms with Gasteiger partial charge in [0.25, 0.3) is 0 Å². The quantitative estimate of drug-likeness (QED) is 0.490. The molecule has 1 saturated heterocycles. The topological polar surface area (TPSA) is 90.3 Å². The highest BCUT2D eigenvalue weighted by Crippen LogP contribution is 2.46. The van der Waals surface area contributed by atoms with Crippen LogP contribution in [0.3, 0.4) is 0 Å². The molecule has 3 rings (SSSR count). The number of thiol groups is 1. The Morgan fingerprint density at radius 3 is 2.32 bits per heavy atom. The fourth-order valence-electron chi connectivity index (χ4n) is 4.43. The Labute approximate surface area is 174 Å². The molecule has 2 aliphatic carbocycles. The van der Waals surface area contributed by atoms with E-state index in [0.717, 1.165) is 42.8 Å². The van der Waals surface area contributed by atoms with E-state index in [9.17, 15) is 14.3 Å². The maximum Gasteiger partial charge on any atom is 0.237 e. The smallest absolute Gasteiger partial charge is 0.237 e. The van der Waals surface area contributed by atoms with Crippen molar-refractivity contribution in [2.75, 3.05) is 18.8 Å². The molecule has 0 radical (unpaired) electrons. The third-order valence-corrected chi connectivity index (χ3v) is 5.84. The van der Waals surface area contributed by atoms with Crippen molar-refractivity contribution in [2.45, 2.75) is 70.7 Å². The lowest BCUT2D eigenvalue weighted by Gasteiger charge is -2.17. The zero-order chi connectivity index (χ0) is 21.1. The van der Waals surface area contributed by atoms with Crippen molar-refractivity contribution in [3.63, 3.8) is 0 Å². The van der Waals surface area contributed by atoms with Crippen LogP contribution in [0.1, 0.15) is 52.4 Å². The number of carbonyl (C=O) groups excluding carboxylic acids is 1. The Morgan fingerprint density at radius 2 is 1.89 bits per heavy atom. The van der Waals surface area contributed by atoms with E-state index < -0.39 is 12.2 Å². The predicted octanol–water partition coefficient (Wildman–Crippen LogP) is 3.09. The molecule has 0 spiro atoms. The third kappa shape index (κ3) is 8.10. The van der Waals surface area contributed by atoms with Crippen LogP contribution in [0.15, 0.2) is 12.2 Å². The number of carbonyl (C=O) groups is 1. The van der Waals surface area contributed by atoms with Gasteiger partial charge in [0, 0.05) is 12.2 Å². The van der Waals surface area contributed by atoms with Gasteiger partial charge in [-0.15, -0.1) is 0 Å². The first-order chi connectivity index (χ1) is 13.4. The maximum absolute atomic E-state index is 12.7. The van der Waals surface area contributed by atoms with Gasteiger partial charge in [0.05, 0.1) is 25.3 Å². The number of rotatable bonds is 3. The molecule has 1 aliphatic heterocycles. The largest absolute Gasteiger partial charge is 0.393 e. The summed E-state index contributed by atoms with van der Waals surface area (Å²) in [6.07, 6.45) is 9.29. The molecule has 5 nitrogen and oxygen atoms in total. The summed E-state index contributed by atoms with van der Waals surface area (Å²) in [5, 5.41) is 17.9. The summed E-state index contributed by atoms with van der Waals surface area (Å²) in [5.74, 6) is 3.20. The van der Waals surface area contributed by atoms with Gasteiger partial charge in [-0.25, -0.2) is 4.39 Å². The molecule has 160 valence electrons.